The summed E-state index contributed by atoms with van der Waals surface area (Å²) < 4.78 is 0. The zero-order valence-electron chi connectivity index (χ0n) is 9.22. The SMILES string of the molecule is O=C(O)CC(=O)N1CCc2ccc(O)cc2C1. The molecule has 0 unspecified atom stereocenters. The normalized spacial score (nSPS) is 14.2. The summed E-state index contributed by atoms with van der Waals surface area (Å²) in [5.41, 5.74) is 1.98. The first-order chi connectivity index (χ1) is 8.06. The van der Waals surface area contributed by atoms with Gasteiger partial charge in [-0.1, -0.05) is 6.07 Å². The monoisotopic (exact) mass is 235 g/mol. The van der Waals surface area contributed by atoms with E-state index in [-0.39, 0.29) is 11.7 Å². The number of fused-ring (bicyclic) bond motifs is 1. The van der Waals surface area contributed by atoms with Crippen LogP contribution >= 0.6 is 0 Å². The van der Waals surface area contributed by atoms with Crippen molar-refractivity contribution in [2.45, 2.75) is 19.4 Å². The molecule has 90 valence electrons. The first-order valence-corrected chi connectivity index (χ1v) is 5.36. The highest BCUT2D eigenvalue weighted by Crippen LogP contribution is 2.23. The number of phenols is 1. The average molecular weight is 235 g/mol. The van der Waals surface area contributed by atoms with Crippen LogP contribution in [0.1, 0.15) is 17.5 Å². The largest absolute Gasteiger partial charge is 0.508 e. The number of carbonyl (C=O) groups is 2. The van der Waals surface area contributed by atoms with E-state index >= 15 is 0 Å². The highest BCUT2D eigenvalue weighted by molar-refractivity contribution is 5.93. The molecule has 0 saturated carbocycles. The molecule has 5 nitrogen and oxygen atoms in total. The molecule has 1 aliphatic heterocycles. The molecule has 1 amide bonds. The van der Waals surface area contributed by atoms with E-state index in [4.69, 9.17) is 5.11 Å². The summed E-state index contributed by atoms with van der Waals surface area (Å²) in [6, 6.07) is 5.08. The first-order valence-electron chi connectivity index (χ1n) is 5.36. The van der Waals surface area contributed by atoms with Crippen molar-refractivity contribution in [1.29, 1.82) is 0 Å². The van der Waals surface area contributed by atoms with Crippen LogP contribution in [0.3, 0.4) is 0 Å². The summed E-state index contributed by atoms with van der Waals surface area (Å²) >= 11 is 0. The number of hydrogen-bond donors (Lipinski definition) is 2. The maximum Gasteiger partial charge on any atom is 0.312 e. The number of carboxylic acids is 1. The maximum absolute atomic E-state index is 11.6. The Labute approximate surface area is 98.3 Å². The average Bonchev–Trinajstić information content (AvgIpc) is 2.27. The van der Waals surface area contributed by atoms with Crippen LogP contribution in [-0.2, 0) is 22.6 Å². The molecule has 0 spiro atoms. The van der Waals surface area contributed by atoms with Crippen LogP contribution in [0.2, 0.25) is 0 Å². The van der Waals surface area contributed by atoms with Gasteiger partial charge in [-0.25, -0.2) is 0 Å². The molecule has 17 heavy (non-hydrogen) atoms. The van der Waals surface area contributed by atoms with Gasteiger partial charge in [0.05, 0.1) is 0 Å². The van der Waals surface area contributed by atoms with Gasteiger partial charge in [-0.15, -0.1) is 0 Å². The zero-order chi connectivity index (χ0) is 12.4. The third-order valence-corrected chi connectivity index (χ3v) is 2.86. The van der Waals surface area contributed by atoms with Gasteiger partial charge in [0.25, 0.3) is 0 Å². The summed E-state index contributed by atoms with van der Waals surface area (Å²) in [5, 5.41) is 17.9. The van der Waals surface area contributed by atoms with E-state index < -0.39 is 12.4 Å². The quantitative estimate of drug-likeness (QED) is 0.741. The summed E-state index contributed by atoms with van der Waals surface area (Å²) in [4.78, 5) is 23.6. The Kier molecular flexibility index (Phi) is 2.99. The van der Waals surface area contributed by atoms with E-state index in [1.807, 2.05) is 6.07 Å². The number of carboxylic acid groups (broad SMARTS) is 1. The van der Waals surface area contributed by atoms with Crippen molar-refractivity contribution in [3.8, 4) is 5.75 Å². The van der Waals surface area contributed by atoms with Crippen LogP contribution in [-0.4, -0.2) is 33.5 Å². The number of aromatic hydroxyl groups is 1. The van der Waals surface area contributed by atoms with Crippen LogP contribution in [0.5, 0.6) is 5.75 Å². The summed E-state index contributed by atoms with van der Waals surface area (Å²) in [6.45, 7) is 0.903. The molecular weight excluding hydrogens is 222 g/mol. The van der Waals surface area contributed by atoms with E-state index in [9.17, 15) is 14.7 Å². The third-order valence-electron chi connectivity index (χ3n) is 2.86. The van der Waals surface area contributed by atoms with Gasteiger partial charge in [-0.05, 0) is 29.7 Å². The molecule has 2 rings (SSSR count). The molecule has 5 heteroatoms. The van der Waals surface area contributed by atoms with Gasteiger partial charge in [-0.3, -0.25) is 9.59 Å². The molecule has 0 atom stereocenters. The van der Waals surface area contributed by atoms with Crippen molar-refractivity contribution in [3.05, 3.63) is 29.3 Å². The van der Waals surface area contributed by atoms with Gasteiger partial charge in [-0.2, -0.15) is 0 Å². The Balaban J connectivity index is 2.12. The predicted octanol–water partition coefficient (Wildman–Crippen LogP) is 0.752. The van der Waals surface area contributed by atoms with Gasteiger partial charge in [0.2, 0.25) is 5.91 Å². The minimum atomic E-state index is -1.11. The van der Waals surface area contributed by atoms with E-state index in [1.165, 1.54) is 4.90 Å². The highest BCUT2D eigenvalue weighted by atomic mass is 16.4. The number of carbonyl (C=O) groups excluding carboxylic acids is 1. The summed E-state index contributed by atoms with van der Waals surface area (Å²) in [7, 11) is 0. The van der Waals surface area contributed by atoms with E-state index in [0.717, 1.165) is 11.1 Å². The topological polar surface area (TPSA) is 77.8 Å². The van der Waals surface area contributed by atoms with Crippen molar-refractivity contribution in [2.24, 2.45) is 0 Å². The Morgan fingerprint density at radius 2 is 2.06 bits per heavy atom. The van der Waals surface area contributed by atoms with Crippen molar-refractivity contribution in [2.75, 3.05) is 6.54 Å². The second-order valence-corrected chi connectivity index (χ2v) is 4.09. The first kappa shape index (κ1) is 11.4. The van der Waals surface area contributed by atoms with E-state index in [0.29, 0.717) is 19.5 Å². The van der Waals surface area contributed by atoms with Crippen LogP contribution in [0.4, 0.5) is 0 Å². The van der Waals surface area contributed by atoms with Crippen molar-refractivity contribution < 1.29 is 19.8 Å². The lowest BCUT2D eigenvalue weighted by molar-refractivity contribution is -0.144. The smallest absolute Gasteiger partial charge is 0.312 e. The Morgan fingerprint density at radius 3 is 2.76 bits per heavy atom. The second kappa shape index (κ2) is 4.45. The number of hydrogen-bond acceptors (Lipinski definition) is 3. The van der Waals surface area contributed by atoms with Crippen LogP contribution in [0.25, 0.3) is 0 Å². The molecule has 0 aromatic heterocycles. The fourth-order valence-electron chi connectivity index (χ4n) is 2.00. The number of rotatable bonds is 2. The highest BCUT2D eigenvalue weighted by Gasteiger charge is 2.22. The zero-order valence-corrected chi connectivity index (χ0v) is 9.22. The van der Waals surface area contributed by atoms with Gasteiger partial charge in [0.15, 0.2) is 0 Å². The number of phenolic OH excluding ortho intramolecular Hbond substituents is 1. The summed E-state index contributed by atoms with van der Waals surface area (Å²) in [6.07, 6.45) is 0.217. The molecular formula is C12H13NO4. The maximum atomic E-state index is 11.6. The lowest BCUT2D eigenvalue weighted by atomic mass is 9.99. The van der Waals surface area contributed by atoms with Crippen molar-refractivity contribution in [3.63, 3.8) is 0 Å². The Morgan fingerprint density at radius 1 is 1.29 bits per heavy atom. The molecule has 0 radical (unpaired) electrons. The lowest BCUT2D eigenvalue weighted by Crippen LogP contribution is -2.36. The predicted molar refractivity (Wildman–Crippen MR) is 59.5 cm³/mol. The van der Waals surface area contributed by atoms with Crippen LogP contribution in [0, 0.1) is 0 Å². The van der Waals surface area contributed by atoms with E-state index in [2.05, 4.69) is 0 Å². The number of aliphatic carboxylic acids is 1. The number of benzene rings is 1. The number of nitrogens with zero attached hydrogens (tertiary/aromatic N) is 1. The molecule has 0 bridgehead atoms. The minimum Gasteiger partial charge on any atom is -0.508 e. The number of amides is 1. The Bertz CT molecular complexity index is 470. The molecule has 0 fully saturated rings. The van der Waals surface area contributed by atoms with Crippen LogP contribution in [0.15, 0.2) is 18.2 Å². The Hall–Kier alpha value is -2.04. The fraction of sp³-hybridized carbons (Fsp3) is 0.333. The second-order valence-electron chi connectivity index (χ2n) is 4.09. The molecule has 0 aliphatic carbocycles. The van der Waals surface area contributed by atoms with Gasteiger partial charge >= 0.3 is 5.97 Å². The van der Waals surface area contributed by atoms with Gasteiger partial charge in [0, 0.05) is 13.1 Å². The van der Waals surface area contributed by atoms with Gasteiger partial charge < -0.3 is 15.1 Å². The summed E-state index contributed by atoms with van der Waals surface area (Å²) in [5.74, 6) is -1.33. The van der Waals surface area contributed by atoms with Crippen molar-refractivity contribution in [1.82, 2.24) is 4.90 Å². The minimum absolute atomic E-state index is 0.163. The third kappa shape index (κ3) is 2.55. The van der Waals surface area contributed by atoms with Crippen LogP contribution < -0.4 is 0 Å². The molecule has 1 aromatic carbocycles. The molecule has 2 N–H and O–H groups in total. The molecule has 0 saturated heterocycles. The lowest BCUT2D eigenvalue weighted by Gasteiger charge is -2.28. The molecule has 1 aromatic rings. The fourth-order valence-corrected chi connectivity index (χ4v) is 2.00. The van der Waals surface area contributed by atoms with Gasteiger partial charge in [0.1, 0.15) is 12.2 Å². The standard InChI is InChI=1S/C12H13NO4/c14-10-2-1-8-3-4-13(7-9(8)5-10)11(15)6-12(16)17/h1-2,5,14H,3-4,6-7H2,(H,16,17). The van der Waals surface area contributed by atoms with Crippen molar-refractivity contribution >= 4 is 11.9 Å². The molecule has 1 aliphatic rings. The molecule has 1 heterocycles. The van der Waals surface area contributed by atoms with E-state index in [1.54, 1.807) is 12.1 Å².